The molecule has 0 spiro atoms. The number of hydrogen-bond acceptors (Lipinski definition) is 3. The molecular formula is C14H23NO2. The van der Waals surface area contributed by atoms with Crippen molar-refractivity contribution in [2.24, 2.45) is 0 Å². The molecular weight excluding hydrogens is 214 g/mol. The van der Waals surface area contributed by atoms with E-state index in [1.165, 1.54) is 16.7 Å². The van der Waals surface area contributed by atoms with Crippen LogP contribution >= 0.6 is 0 Å². The van der Waals surface area contributed by atoms with Crippen LogP contribution in [0, 0.1) is 13.8 Å². The van der Waals surface area contributed by atoms with Gasteiger partial charge in [0, 0.05) is 27.3 Å². The Morgan fingerprint density at radius 2 is 1.76 bits per heavy atom. The van der Waals surface area contributed by atoms with Crippen LogP contribution in [-0.2, 0) is 16.0 Å². The number of aryl methyl sites for hydroxylation is 2. The molecule has 1 atom stereocenters. The van der Waals surface area contributed by atoms with Crippen LogP contribution in [0.15, 0.2) is 18.2 Å². The summed E-state index contributed by atoms with van der Waals surface area (Å²) in [6.45, 7) is 6.54. The quantitative estimate of drug-likeness (QED) is 0.787. The molecule has 0 heterocycles. The summed E-state index contributed by atoms with van der Waals surface area (Å²) in [7, 11) is 3.40. The van der Waals surface area contributed by atoms with Crippen LogP contribution in [-0.4, -0.2) is 33.5 Å². The van der Waals surface area contributed by atoms with E-state index in [-0.39, 0.29) is 6.10 Å². The highest BCUT2D eigenvalue weighted by Crippen LogP contribution is 2.08. The molecule has 0 saturated carbocycles. The van der Waals surface area contributed by atoms with Crippen molar-refractivity contribution in [1.29, 1.82) is 0 Å². The molecule has 17 heavy (non-hydrogen) atoms. The van der Waals surface area contributed by atoms with E-state index < -0.39 is 0 Å². The predicted molar refractivity (Wildman–Crippen MR) is 70.3 cm³/mol. The molecule has 1 aromatic carbocycles. The fourth-order valence-electron chi connectivity index (χ4n) is 1.94. The van der Waals surface area contributed by atoms with Crippen molar-refractivity contribution < 1.29 is 9.47 Å². The first-order valence-corrected chi connectivity index (χ1v) is 5.95. The first-order valence-electron chi connectivity index (χ1n) is 5.95. The molecule has 0 aromatic heterocycles. The zero-order valence-corrected chi connectivity index (χ0v) is 11.2. The summed E-state index contributed by atoms with van der Waals surface area (Å²) < 4.78 is 10.4. The van der Waals surface area contributed by atoms with Gasteiger partial charge in [-0.2, -0.15) is 0 Å². The molecule has 0 aliphatic carbocycles. The Morgan fingerprint density at radius 1 is 1.12 bits per heavy atom. The van der Waals surface area contributed by atoms with Gasteiger partial charge >= 0.3 is 0 Å². The third-order valence-electron chi connectivity index (χ3n) is 2.67. The zero-order chi connectivity index (χ0) is 12.7. The van der Waals surface area contributed by atoms with E-state index in [0.29, 0.717) is 6.61 Å². The lowest BCUT2D eigenvalue weighted by atomic mass is 10.1. The Morgan fingerprint density at radius 3 is 2.29 bits per heavy atom. The first-order chi connectivity index (χ1) is 8.15. The van der Waals surface area contributed by atoms with Gasteiger partial charge in [-0.05, 0) is 19.4 Å². The Bertz CT molecular complexity index is 319. The van der Waals surface area contributed by atoms with Gasteiger partial charge in [0.15, 0.2) is 0 Å². The molecule has 96 valence electrons. The molecule has 3 heteroatoms. The van der Waals surface area contributed by atoms with Crippen molar-refractivity contribution in [3.8, 4) is 0 Å². The number of methoxy groups -OCH3 is 2. The van der Waals surface area contributed by atoms with Crippen LogP contribution in [0.2, 0.25) is 0 Å². The average Bonchev–Trinajstić information content (AvgIpc) is 2.26. The van der Waals surface area contributed by atoms with Gasteiger partial charge in [-0.15, -0.1) is 0 Å². The van der Waals surface area contributed by atoms with E-state index in [4.69, 9.17) is 9.47 Å². The second-order valence-electron chi connectivity index (χ2n) is 4.44. The van der Waals surface area contributed by atoms with Gasteiger partial charge in [0.1, 0.15) is 0 Å². The lowest BCUT2D eigenvalue weighted by molar-refractivity contribution is 0.0288. The van der Waals surface area contributed by atoms with Crippen LogP contribution in [0.25, 0.3) is 0 Å². The molecule has 0 saturated heterocycles. The van der Waals surface area contributed by atoms with Crippen molar-refractivity contribution in [3.05, 3.63) is 34.9 Å². The fraction of sp³-hybridized carbons (Fsp3) is 0.571. The van der Waals surface area contributed by atoms with Gasteiger partial charge in [0.25, 0.3) is 0 Å². The highest BCUT2D eigenvalue weighted by molar-refractivity contribution is 5.28. The van der Waals surface area contributed by atoms with E-state index in [2.05, 4.69) is 37.4 Å². The molecule has 1 rings (SSSR count). The van der Waals surface area contributed by atoms with Crippen LogP contribution in [0.1, 0.15) is 16.7 Å². The van der Waals surface area contributed by atoms with Gasteiger partial charge in [-0.1, -0.05) is 29.3 Å². The van der Waals surface area contributed by atoms with Gasteiger partial charge in [0.05, 0.1) is 12.7 Å². The molecule has 0 radical (unpaired) electrons. The van der Waals surface area contributed by atoms with Crippen LogP contribution in [0.3, 0.4) is 0 Å². The highest BCUT2D eigenvalue weighted by Gasteiger charge is 2.05. The zero-order valence-electron chi connectivity index (χ0n) is 11.2. The third-order valence-corrected chi connectivity index (χ3v) is 2.67. The monoisotopic (exact) mass is 237 g/mol. The largest absolute Gasteiger partial charge is 0.382 e. The van der Waals surface area contributed by atoms with E-state index in [1.807, 2.05) is 0 Å². The van der Waals surface area contributed by atoms with Crippen LogP contribution in [0.4, 0.5) is 0 Å². The molecule has 0 aliphatic rings. The van der Waals surface area contributed by atoms with Crippen molar-refractivity contribution in [3.63, 3.8) is 0 Å². The Labute approximate surface area is 104 Å². The van der Waals surface area contributed by atoms with Crippen molar-refractivity contribution in [1.82, 2.24) is 5.32 Å². The smallest absolute Gasteiger partial charge is 0.0928 e. The van der Waals surface area contributed by atoms with E-state index >= 15 is 0 Å². The van der Waals surface area contributed by atoms with Gasteiger partial charge in [-0.25, -0.2) is 0 Å². The maximum absolute atomic E-state index is 5.29. The van der Waals surface area contributed by atoms with Gasteiger partial charge in [-0.3, -0.25) is 0 Å². The first kappa shape index (κ1) is 14.2. The number of benzene rings is 1. The molecule has 0 bridgehead atoms. The van der Waals surface area contributed by atoms with Gasteiger partial charge in [0.2, 0.25) is 0 Å². The predicted octanol–water partition coefficient (Wildman–Crippen LogP) is 2.05. The topological polar surface area (TPSA) is 30.5 Å². The minimum absolute atomic E-state index is 0.117. The highest BCUT2D eigenvalue weighted by atomic mass is 16.5. The molecule has 0 aliphatic heterocycles. The summed E-state index contributed by atoms with van der Waals surface area (Å²) in [5.41, 5.74) is 3.93. The van der Waals surface area contributed by atoms with Crippen LogP contribution < -0.4 is 5.32 Å². The number of nitrogens with one attached hydrogen (secondary N) is 1. The SMILES string of the molecule is COCC(CNCc1cc(C)cc(C)c1)OC. The standard InChI is InChI=1S/C14H23NO2/c1-11-5-12(2)7-13(6-11)8-15-9-14(17-4)10-16-3/h5-7,14-15H,8-10H2,1-4H3. The summed E-state index contributed by atoms with van der Waals surface area (Å²) in [6.07, 6.45) is 0.117. The van der Waals surface area contributed by atoms with Crippen molar-refractivity contribution in [2.45, 2.75) is 26.5 Å². The van der Waals surface area contributed by atoms with Crippen molar-refractivity contribution in [2.75, 3.05) is 27.4 Å². The third kappa shape index (κ3) is 5.31. The molecule has 1 unspecified atom stereocenters. The minimum Gasteiger partial charge on any atom is -0.382 e. The van der Waals surface area contributed by atoms with Crippen molar-refractivity contribution >= 4 is 0 Å². The maximum atomic E-state index is 5.29. The van der Waals surface area contributed by atoms with Crippen LogP contribution in [0.5, 0.6) is 0 Å². The van der Waals surface area contributed by atoms with E-state index in [0.717, 1.165) is 13.1 Å². The number of rotatable bonds is 7. The van der Waals surface area contributed by atoms with Gasteiger partial charge < -0.3 is 14.8 Å². The summed E-state index contributed by atoms with van der Waals surface area (Å²) in [6, 6.07) is 6.60. The second-order valence-corrected chi connectivity index (χ2v) is 4.44. The van der Waals surface area contributed by atoms with E-state index in [9.17, 15) is 0 Å². The lowest BCUT2D eigenvalue weighted by Crippen LogP contribution is -2.31. The summed E-state index contributed by atoms with van der Waals surface area (Å²) >= 11 is 0. The Hall–Kier alpha value is -0.900. The summed E-state index contributed by atoms with van der Waals surface area (Å²) in [5, 5.41) is 3.39. The lowest BCUT2D eigenvalue weighted by Gasteiger charge is -2.15. The molecule has 0 amide bonds. The minimum atomic E-state index is 0.117. The Kier molecular flexibility index (Phi) is 6.19. The second kappa shape index (κ2) is 7.43. The molecule has 3 nitrogen and oxygen atoms in total. The van der Waals surface area contributed by atoms with E-state index in [1.54, 1.807) is 14.2 Å². The maximum Gasteiger partial charge on any atom is 0.0928 e. The molecule has 1 N–H and O–H groups in total. The normalized spacial score (nSPS) is 12.7. The Balaban J connectivity index is 2.39. The summed E-state index contributed by atoms with van der Waals surface area (Å²) in [5.74, 6) is 0. The number of ether oxygens (including phenoxy) is 2. The number of hydrogen-bond donors (Lipinski definition) is 1. The average molecular weight is 237 g/mol. The summed E-state index contributed by atoms with van der Waals surface area (Å²) in [4.78, 5) is 0. The molecule has 0 fully saturated rings. The molecule has 1 aromatic rings. The fourth-order valence-corrected chi connectivity index (χ4v) is 1.94.